The molecule has 25 heavy (non-hydrogen) atoms. The molecule has 0 saturated carbocycles. The number of aryl methyl sites for hydroxylation is 1. The predicted molar refractivity (Wildman–Crippen MR) is 103 cm³/mol. The molecule has 0 spiro atoms. The summed E-state index contributed by atoms with van der Waals surface area (Å²) >= 11 is 1.72. The molecule has 2 heterocycles. The molecule has 1 aromatic carbocycles. The molecule has 0 fully saturated rings. The van der Waals surface area contributed by atoms with Crippen molar-refractivity contribution in [1.29, 1.82) is 0 Å². The van der Waals surface area contributed by atoms with Gasteiger partial charge in [-0.3, -0.25) is 4.68 Å². The lowest BCUT2D eigenvalue weighted by Gasteiger charge is -2.20. The highest BCUT2D eigenvalue weighted by atomic mass is 32.1. The van der Waals surface area contributed by atoms with Crippen LogP contribution in [0.15, 0.2) is 60.1 Å². The van der Waals surface area contributed by atoms with Crippen LogP contribution in [0, 0.1) is 0 Å². The molecule has 2 aromatic heterocycles. The zero-order valence-electron chi connectivity index (χ0n) is 14.8. The van der Waals surface area contributed by atoms with Crippen molar-refractivity contribution in [2.75, 3.05) is 26.7 Å². The van der Waals surface area contributed by atoms with E-state index < -0.39 is 0 Å². The number of nitrogens with zero attached hydrogens (tertiary/aromatic N) is 3. The van der Waals surface area contributed by atoms with E-state index >= 15 is 0 Å². The van der Waals surface area contributed by atoms with E-state index in [1.165, 1.54) is 10.4 Å². The smallest absolute Gasteiger partial charge is 0.133 e. The maximum atomic E-state index is 6.24. The second kappa shape index (κ2) is 8.94. The van der Waals surface area contributed by atoms with Gasteiger partial charge in [0.25, 0.3) is 0 Å². The number of hydrogen-bond acceptors (Lipinski definition) is 4. The van der Waals surface area contributed by atoms with Crippen LogP contribution >= 0.6 is 11.3 Å². The van der Waals surface area contributed by atoms with E-state index in [2.05, 4.69) is 64.9 Å². The molecule has 3 aromatic rings. The van der Waals surface area contributed by atoms with Gasteiger partial charge in [-0.1, -0.05) is 36.4 Å². The van der Waals surface area contributed by atoms with E-state index in [1.54, 1.807) is 11.3 Å². The van der Waals surface area contributed by atoms with Crippen molar-refractivity contribution in [3.63, 3.8) is 0 Å². The number of hydrogen-bond donors (Lipinski definition) is 0. The van der Waals surface area contributed by atoms with Crippen LogP contribution in [0.1, 0.15) is 22.2 Å². The van der Waals surface area contributed by atoms with Gasteiger partial charge in [-0.25, -0.2) is 0 Å². The molecular formula is C20H25N3OS. The van der Waals surface area contributed by atoms with Crippen molar-refractivity contribution in [3.05, 3.63) is 76.2 Å². The lowest BCUT2D eigenvalue weighted by Crippen LogP contribution is -2.26. The first-order chi connectivity index (χ1) is 12.2. The van der Waals surface area contributed by atoms with Gasteiger partial charge < -0.3 is 9.64 Å². The van der Waals surface area contributed by atoms with E-state index in [0.29, 0.717) is 6.61 Å². The molecule has 0 N–H and O–H groups in total. The van der Waals surface area contributed by atoms with Gasteiger partial charge in [-0.05, 0) is 36.5 Å². The highest BCUT2D eigenvalue weighted by molar-refractivity contribution is 7.10. The second-order valence-corrected chi connectivity index (χ2v) is 7.16. The van der Waals surface area contributed by atoms with Crippen LogP contribution in [0.25, 0.3) is 0 Å². The first-order valence-electron chi connectivity index (χ1n) is 8.59. The maximum Gasteiger partial charge on any atom is 0.133 e. The van der Waals surface area contributed by atoms with Gasteiger partial charge in [-0.15, -0.1) is 11.3 Å². The summed E-state index contributed by atoms with van der Waals surface area (Å²) in [4.78, 5) is 3.54. The average molecular weight is 356 g/mol. The van der Waals surface area contributed by atoms with Crippen LogP contribution in [0.2, 0.25) is 0 Å². The quantitative estimate of drug-likeness (QED) is 0.585. The van der Waals surface area contributed by atoms with Crippen molar-refractivity contribution in [3.8, 4) is 0 Å². The minimum absolute atomic E-state index is 0.0463. The highest BCUT2D eigenvalue weighted by Gasteiger charge is 2.19. The summed E-state index contributed by atoms with van der Waals surface area (Å²) in [5, 5.41) is 6.38. The zero-order chi connectivity index (χ0) is 17.5. The van der Waals surface area contributed by atoms with Crippen LogP contribution in [0.5, 0.6) is 0 Å². The van der Waals surface area contributed by atoms with Gasteiger partial charge in [0.1, 0.15) is 6.10 Å². The highest BCUT2D eigenvalue weighted by Crippen LogP contribution is 2.28. The standard InChI is InChI=1S/C20H25N3OS/c1-22(13-11-17-7-4-3-5-8-17)14-15-24-20(19-9-6-16-25-19)18-10-12-21-23(18)2/h3-10,12,16,20H,11,13-15H2,1-2H3. The Morgan fingerprint density at radius 1 is 1.12 bits per heavy atom. The Kier molecular flexibility index (Phi) is 6.39. The molecule has 0 radical (unpaired) electrons. The molecule has 0 bridgehead atoms. The number of likely N-dealkylation sites (N-methyl/N-ethyl adjacent to an activating group) is 1. The molecule has 1 unspecified atom stereocenters. The lowest BCUT2D eigenvalue weighted by atomic mass is 10.1. The largest absolute Gasteiger partial charge is 0.365 e. The number of thiophene rings is 1. The van der Waals surface area contributed by atoms with Crippen molar-refractivity contribution in [2.24, 2.45) is 7.05 Å². The number of aromatic nitrogens is 2. The van der Waals surface area contributed by atoms with Crippen molar-refractivity contribution in [2.45, 2.75) is 12.5 Å². The molecule has 132 valence electrons. The van der Waals surface area contributed by atoms with E-state index in [9.17, 15) is 0 Å². The molecule has 0 aliphatic heterocycles. The van der Waals surface area contributed by atoms with Gasteiger partial charge in [0.05, 0.1) is 12.3 Å². The predicted octanol–water partition coefficient (Wildman–Crippen LogP) is 3.76. The van der Waals surface area contributed by atoms with Gasteiger partial charge in [0.2, 0.25) is 0 Å². The summed E-state index contributed by atoms with van der Waals surface area (Å²) in [6, 6.07) is 16.8. The number of rotatable bonds is 9. The molecule has 0 saturated heterocycles. The molecule has 0 aliphatic carbocycles. The first kappa shape index (κ1) is 17.9. The van der Waals surface area contributed by atoms with Crippen molar-refractivity contribution in [1.82, 2.24) is 14.7 Å². The number of benzene rings is 1. The van der Waals surface area contributed by atoms with Gasteiger partial charge >= 0.3 is 0 Å². The molecule has 5 heteroatoms. The molecule has 1 atom stereocenters. The first-order valence-corrected chi connectivity index (χ1v) is 9.47. The van der Waals surface area contributed by atoms with E-state index in [4.69, 9.17) is 4.74 Å². The SMILES string of the molecule is CN(CCOC(c1cccs1)c1ccnn1C)CCc1ccccc1. The Hall–Kier alpha value is -1.95. The van der Waals surface area contributed by atoms with E-state index in [1.807, 2.05) is 24.0 Å². The Morgan fingerprint density at radius 2 is 1.96 bits per heavy atom. The minimum atomic E-state index is -0.0463. The van der Waals surface area contributed by atoms with E-state index in [-0.39, 0.29) is 6.10 Å². The monoisotopic (exact) mass is 355 g/mol. The fourth-order valence-corrected chi connectivity index (χ4v) is 3.58. The molecule has 0 amide bonds. The number of ether oxygens (including phenoxy) is 1. The Balaban J connectivity index is 1.51. The summed E-state index contributed by atoms with van der Waals surface area (Å²) in [6.45, 7) is 2.63. The molecule has 0 aliphatic rings. The van der Waals surface area contributed by atoms with Gasteiger partial charge in [-0.2, -0.15) is 5.10 Å². The molecule has 4 nitrogen and oxygen atoms in total. The summed E-state index contributed by atoms with van der Waals surface area (Å²) in [5.41, 5.74) is 2.47. The third-order valence-corrected chi connectivity index (χ3v) is 5.23. The fourth-order valence-electron chi connectivity index (χ4n) is 2.80. The summed E-state index contributed by atoms with van der Waals surface area (Å²) in [7, 11) is 4.11. The van der Waals surface area contributed by atoms with Crippen LogP contribution in [0.3, 0.4) is 0 Å². The van der Waals surface area contributed by atoms with Crippen molar-refractivity contribution >= 4 is 11.3 Å². The van der Waals surface area contributed by atoms with Crippen LogP contribution in [-0.4, -0.2) is 41.4 Å². The summed E-state index contributed by atoms with van der Waals surface area (Å²) in [5.74, 6) is 0. The Morgan fingerprint density at radius 3 is 2.64 bits per heavy atom. The van der Waals surface area contributed by atoms with Crippen LogP contribution in [-0.2, 0) is 18.2 Å². The Labute approximate surface area is 153 Å². The van der Waals surface area contributed by atoms with E-state index in [0.717, 1.165) is 25.2 Å². The summed E-state index contributed by atoms with van der Waals surface area (Å²) < 4.78 is 8.13. The summed E-state index contributed by atoms with van der Waals surface area (Å²) in [6.07, 6.45) is 2.84. The Bertz CT molecular complexity index is 739. The van der Waals surface area contributed by atoms with Crippen molar-refractivity contribution < 1.29 is 4.74 Å². The third-order valence-electron chi connectivity index (χ3n) is 4.31. The topological polar surface area (TPSA) is 30.3 Å². The van der Waals surface area contributed by atoms with Gasteiger partial charge in [0, 0.05) is 31.2 Å². The maximum absolute atomic E-state index is 6.24. The second-order valence-electron chi connectivity index (χ2n) is 6.18. The fraction of sp³-hybridized carbons (Fsp3) is 0.350. The van der Waals surface area contributed by atoms with Gasteiger partial charge in [0.15, 0.2) is 0 Å². The average Bonchev–Trinajstić information content (AvgIpc) is 3.30. The molecular weight excluding hydrogens is 330 g/mol. The normalized spacial score (nSPS) is 12.6. The third kappa shape index (κ3) is 5.01. The zero-order valence-corrected chi connectivity index (χ0v) is 15.7. The van der Waals surface area contributed by atoms with Crippen LogP contribution < -0.4 is 0 Å². The van der Waals surface area contributed by atoms with Crippen LogP contribution in [0.4, 0.5) is 0 Å². The minimum Gasteiger partial charge on any atom is -0.365 e. The lowest BCUT2D eigenvalue weighted by molar-refractivity contribution is 0.0623. The molecule has 3 rings (SSSR count).